The van der Waals surface area contributed by atoms with Gasteiger partial charge in [-0.25, -0.2) is 21.6 Å². The number of halogens is 4. The van der Waals surface area contributed by atoms with Crippen LogP contribution in [0, 0.1) is 11.6 Å². The molecule has 0 aromatic heterocycles. The van der Waals surface area contributed by atoms with E-state index >= 15 is 0 Å². The van der Waals surface area contributed by atoms with Crippen LogP contribution >= 0.6 is 0 Å². The number of hydrogen-bond acceptors (Lipinski definition) is 2. The predicted molar refractivity (Wildman–Crippen MR) is 71.1 cm³/mol. The summed E-state index contributed by atoms with van der Waals surface area (Å²) in [6.07, 6.45) is -3.02. The van der Waals surface area contributed by atoms with Gasteiger partial charge in [-0.2, -0.15) is 4.39 Å². The van der Waals surface area contributed by atoms with E-state index in [1.807, 2.05) is 4.72 Å². The van der Waals surface area contributed by atoms with E-state index in [0.29, 0.717) is 0 Å². The average molecular weight is 335 g/mol. The Balaban J connectivity index is 2.48. The molecule has 22 heavy (non-hydrogen) atoms. The molecule has 0 aliphatic carbocycles. The molecular weight excluding hydrogens is 324 g/mol. The topological polar surface area (TPSA) is 73.8 Å². The Morgan fingerprint density at radius 1 is 1.05 bits per heavy atom. The Morgan fingerprint density at radius 2 is 1.68 bits per heavy atom. The summed E-state index contributed by atoms with van der Waals surface area (Å²) in [7, 11) is -4.46. The second-order valence-corrected chi connectivity index (χ2v) is 5.98. The minimum atomic E-state index is -4.46. The molecule has 0 aliphatic heterocycles. The Morgan fingerprint density at radius 3 is 2.32 bits per heavy atom. The first-order valence-electron chi connectivity index (χ1n) is 5.94. The molecule has 0 spiro atoms. The number of sulfonamides is 1. The molecule has 0 bridgehead atoms. The lowest BCUT2D eigenvalue weighted by Crippen LogP contribution is -2.43. The second kappa shape index (κ2) is 5.93. The molecule has 2 rings (SSSR count). The molecule has 4 N–H and O–H groups in total. The van der Waals surface area contributed by atoms with Crippen LogP contribution in [0.2, 0.25) is 0 Å². The van der Waals surface area contributed by atoms with Gasteiger partial charge in [-0.3, -0.25) is 4.72 Å². The quantitative estimate of drug-likeness (QED) is 0.843. The van der Waals surface area contributed by atoms with Crippen LogP contribution in [0.4, 0.5) is 28.9 Å². The fourth-order valence-corrected chi connectivity index (χ4v) is 3.06. The van der Waals surface area contributed by atoms with Crippen molar-refractivity contribution in [2.24, 2.45) is 0 Å². The summed E-state index contributed by atoms with van der Waals surface area (Å²) in [5.74, 6) is -2.16. The average Bonchev–Trinajstić information content (AvgIpc) is 2.48. The maximum Gasteiger partial charge on any atom is 0.265 e. The van der Waals surface area contributed by atoms with Crippen LogP contribution in [-0.4, -0.2) is 8.42 Å². The maximum atomic E-state index is 13.8. The van der Waals surface area contributed by atoms with Crippen LogP contribution in [0.1, 0.15) is 12.0 Å². The minimum absolute atomic E-state index is 0.574. The molecule has 0 unspecified atom stereocenters. The smallest absolute Gasteiger partial charge is 0.265 e. The molecule has 0 saturated heterocycles. The van der Waals surface area contributed by atoms with Gasteiger partial charge >= 0.3 is 0 Å². The fourth-order valence-electron chi connectivity index (χ4n) is 1.78. The van der Waals surface area contributed by atoms with Crippen molar-refractivity contribution in [1.29, 1.82) is 0 Å². The predicted octanol–water partition coefficient (Wildman–Crippen LogP) is 2.58. The Labute approximate surface area is 123 Å². The summed E-state index contributed by atoms with van der Waals surface area (Å²) < 4.78 is 78.8. The van der Waals surface area contributed by atoms with Gasteiger partial charge in [0.05, 0.1) is 10.6 Å². The summed E-state index contributed by atoms with van der Waals surface area (Å²) in [6.45, 7) is 0. The van der Waals surface area contributed by atoms with Gasteiger partial charge in [0.15, 0.2) is 5.82 Å². The number of alkyl halides is 2. The lowest BCUT2D eigenvalue weighted by Gasteiger charge is -2.12. The highest BCUT2D eigenvalue weighted by molar-refractivity contribution is 7.92. The molecule has 118 valence electrons. The third-order valence-corrected chi connectivity index (χ3v) is 4.31. The molecule has 0 atom stereocenters. The van der Waals surface area contributed by atoms with E-state index in [2.05, 4.69) is 5.73 Å². The van der Waals surface area contributed by atoms with Gasteiger partial charge in [-0.05, 0) is 18.2 Å². The van der Waals surface area contributed by atoms with Crippen molar-refractivity contribution in [2.75, 3.05) is 4.72 Å². The van der Waals surface area contributed by atoms with Crippen molar-refractivity contribution in [3.63, 3.8) is 0 Å². The summed E-state index contributed by atoms with van der Waals surface area (Å²) >= 11 is 0. The van der Waals surface area contributed by atoms with Crippen LogP contribution in [0.5, 0.6) is 0 Å². The summed E-state index contributed by atoms with van der Waals surface area (Å²) in [5, 5.41) is 0. The van der Waals surface area contributed by atoms with Gasteiger partial charge < -0.3 is 5.73 Å². The zero-order valence-corrected chi connectivity index (χ0v) is 11.8. The van der Waals surface area contributed by atoms with Gasteiger partial charge in [0.1, 0.15) is 0 Å². The van der Waals surface area contributed by atoms with Crippen molar-refractivity contribution in [3.8, 4) is 0 Å². The van der Waals surface area contributed by atoms with Gasteiger partial charge in [0.25, 0.3) is 16.4 Å². The molecule has 0 heterocycles. The Bertz CT molecular complexity index is 810. The summed E-state index contributed by atoms with van der Waals surface area (Å²) in [5.41, 5.74) is 1.21. The first kappa shape index (κ1) is 16.2. The van der Waals surface area contributed by atoms with Gasteiger partial charge in [-0.1, -0.05) is 18.2 Å². The molecular formula is C13H11F4N2O2S+. The SMILES string of the molecule is [NH3+]c1c(F)ccc(NS(=O)(=O)c2ccccc2C(F)F)c1F. The molecule has 2 aromatic rings. The molecule has 9 heteroatoms. The number of rotatable bonds is 4. The lowest BCUT2D eigenvalue weighted by molar-refractivity contribution is -0.262. The Kier molecular flexibility index (Phi) is 4.38. The van der Waals surface area contributed by atoms with Crippen molar-refractivity contribution in [3.05, 3.63) is 53.6 Å². The molecule has 0 amide bonds. The Hall–Kier alpha value is -2.13. The first-order valence-corrected chi connectivity index (χ1v) is 7.42. The highest BCUT2D eigenvalue weighted by atomic mass is 32.2. The second-order valence-electron chi connectivity index (χ2n) is 4.33. The largest absolute Gasteiger partial charge is 0.320 e. The first-order chi connectivity index (χ1) is 10.2. The lowest BCUT2D eigenvalue weighted by atomic mass is 10.2. The van der Waals surface area contributed by atoms with Crippen molar-refractivity contribution in [2.45, 2.75) is 11.3 Å². The van der Waals surface area contributed by atoms with E-state index in [0.717, 1.165) is 24.3 Å². The monoisotopic (exact) mass is 335 g/mol. The number of hydrogen-bond donors (Lipinski definition) is 2. The third kappa shape index (κ3) is 3.04. The highest BCUT2D eigenvalue weighted by Gasteiger charge is 2.25. The normalized spacial score (nSPS) is 11.7. The van der Waals surface area contributed by atoms with Gasteiger partial charge in [0.2, 0.25) is 11.5 Å². The number of benzene rings is 2. The van der Waals surface area contributed by atoms with Crippen LogP contribution in [-0.2, 0) is 10.0 Å². The van der Waals surface area contributed by atoms with Crippen molar-refractivity contribution in [1.82, 2.24) is 0 Å². The number of nitrogens with one attached hydrogen (secondary N) is 1. The summed E-state index contributed by atoms with van der Waals surface area (Å²) in [4.78, 5) is -0.681. The van der Waals surface area contributed by atoms with Gasteiger partial charge in [0, 0.05) is 5.56 Å². The third-order valence-electron chi connectivity index (χ3n) is 2.87. The van der Waals surface area contributed by atoms with Gasteiger partial charge in [-0.15, -0.1) is 0 Å². The van der Waals surface area contributed by atoms with Crippen molar-refractivity contribution >= 4 is 21.4 Å². The minimum Gasteiger partial charge on any atom is -0.320 e. The van der Waals surface area contributed by atoms with E-state index < -0.39 is 49.9 Å². The molecule has 2 aromatic carbocycles. The fraction of sp³-hybridized carbons (Fsp3) is 0.0769. The van der Waals surface area contributed by atoms with E-state index in [9.17, 15) is 26.0 Å². The molecule has 4 nitrogen and oxygen atoms in total. The summed E-state index contributed by atoms with van der Waals surface area (Å²) in [6, 6.07) is 6.11. The van der Waals surface area contributed by atoms with Crippen molar-refractivity contribution < 1.29 is 31.7 Å². The molecule has 0 fully saturated rings. The van der Waals surface area contributed by atoms with E-state index in [1.165, 1.54) is 12.1 Å². The number of quaternary nitrogens is 1. The van der Waals surface area contributed by atoms with Crippen LogP contribution in [0.15, 0.2) is 41.3 Å². The molecule has 0 aliphatic rings. The zero-order valence-electron chi connectivity index (χ0n) is 11.0. The standard InChI is InChI=1S/C13H10F4N2O2S/c14-8-5-6-9(11(15)12(8)18)19-22(20,21)10-4-2-1-3-7(10)13(16)17/h1-6,13,19H,18H2/p+1. The molecule has 0 radical (unpaired) electrons. The maximum absolute atomic E-state index is 13.8. The van der Waals surface area contributed by atoms with Crippen LogP contribution < -0.4 is 10.5 Å². The van der Waals surface area contributed by atoms with E-state index in [-0.39, 0.29) is 0 Å². The van der Waals surface area contributed by atoms with Crippen LogP contribution in [0.3, 0.4) is 0 Å². The van der Waals surface area contributed by atoms with E-state index in [1.54, 1.807) is 0 Å². The zero-order chi connectivity index (χ0) is 16.5. The highest BCUT2D eigenvalue weighted by Crippen LogP contribution is 2.29. The molecule has 0 saturated carbocycles. The van der Waals surface area contributed by atoms with E-state index in [4.69, 9.17) is 0 Å². The number of anilines is 1. The van der Waals surface area contributed by atoms with Crippen LogP contribution in [0.25, 0.3) is 0 Å².